The van der Waals surface area contributed by atoms with Gasteiger partial charge in [0, 0.05) is 12.2 Å². The van der Waals surface area contributed by atoms with E-state index in [1.165, 1.54) is 6.42 Å². The summed E-state index contributed by atoms with van der Waals surface area (Å²) in [7, 11) is 0. The van der Waals surface area contributed by atoms with Crippen LogP contribution >= 0.6 is 0 Å². The van der Waals surface area contributed by atoms with Crippen LogP contribution in [0.25, 0.3) is 27.8 Å². The number of hydrogen-bond acceptors (Lipinski definition) is 4. The highest BCUT2D eigenvalue weighted by Gasteiger charge is 2.29. The van der Waals surface area contributed by atoms with E-state index in [-0.39, 0.29) is 11.6 Å². The first-order chi connectivity index (χ1) is 14.6. The summed E-state index contributed by atoms with van der Waals surface area (Å²) < 4.78 is 3.67. The Hall–Kier alpha value is -3.02. The molecule has 1 fully saturated rings. The Morgan fingerprint density at radius 3 is 2.63 bits per heavy atom. The smallest absolute Gasteiger partial charge is 0.280 e. The lowest BCUT2D eigenvalue weighted by Crippen LogP contribution is -2.34. The lowest BCUT2D eigenvalue weighted by atomic mass is 9.78. The molecule has 3 atom stereocenters. The Kier molecular flexibility index (Phi) is 4.65. The molecule has 0 spiro atoms. The average Bonchev–Trinajstić information content (AvgIpc) is 3.16. The molecule has 0 saturated heterocycles. The largest absolute Gasteiger partial charge is 0.310 e. The van der Waals surface area contributed by atoms with E-state index in [0.717, 1.165) is 41.6 Å². The minimum atomic E-state index is -0.0670. The molecule has 30 heavy (non-hydrogen) atoms. The fourth-order valence-corrected chi connectivity index (χ4v) is 4.96. The molecule has 4 aromatic rings. The topological polar surface area (TPSA) is 65.1 Å². The van der Waals surface area contributed by atoms with Crippen LogP contribution in [0, 0.1) is 11.8 Å². The van der Waals surface area contributed by atoms with Gasteiger partial charge in [0.2, 0.25) is 0 Å². The summed E-state index contributed by atoms with van der Waals surface area (Å²) in [6.45, 7) is 6.63. The molecule has 6 nitrogen and oxygen atoms in total. The minimum absolute atomic E-state index is 0.0670. The predicted molar refractivity (Wildman–Crippen MR) is 119 cm³/mol. The molecule has 1 aliphatic carbocycles. The monoisotopic (exact) mass is 401 g/mol. The van der Waals surface area contributed by atoms with Gasteiger partial charge in [-0.1, -0.05) is 63.9 Å². The van der Waals surface area contributed by atoms with Crippen molar-refractivity contribution < 1.29 is 0 Å². The third kappa shape index (κ3) is 2.85. The average molecular weight is 402 g/mol. The van der Waals surface area contributed by atoms with E-state index < -0.39 is 0 Å². The molecule has 6 heteroatoms. The summed E-state index contributed by atoms with van der Waals surface area (Å²) in [5.74, 6) is 1.08. The Labute approximate surface area is 175 Å². The van der Waals surface area contributed by atoms with Crippen LogP contribution < -0.4 is 5.56 Å². The van der Waals surface area contributed by atoms with Crippen LogP contribution in [0.4, 0.5) is 0 Å². The van der Waals surface area contributed by atoms with Crippen molar-refractivity contribution in [2.45, 2.75) is 52.5 Å². The van der Waals surface area contributed by atoms with Crippen LogP contribution in [0.3, 0.4) is 0 Å². The van der Waals surface area contributed by atoms with Gasteiger partial charge in [0.1, 0.15) is 5.52 Å². The van der Waals surface area contributed by atoms with Crippen LogP contribution in [0.1, 0.15) is 51.8 Å². The molecular weight excluding hydrogens is 374 g/mol. The molecule has 1 saturated carbocycles. The van der Waals surface area contributed by atoms with Gasteiger partial charge in [0.05, 0.1) is 11.3 Å². The zero-order valence-corrected chi connectivity index (χ0v) is 17.7. The molecule has 0 radical (unpaired) electrons. The first-order valence-corrected chi connectivity index (χ1v) is 10.9. The fraction of sp³-hybridized carbons (Fsp3) is 0.417. The van der Waals surface area contributed by atoms with Gasteiger partial charge in [-0.25, -0.2) is 4.52 Å². The maximum atomic E-state index is 13.4. The third-order valence-corrected chi connectivity index (χ3v) is 6.90. The maximum Gasteiger partial charge on any atom is 0.280 e. The number of aromatic nitrogens is 5. The van der Waals surface area contributed by atoms with Crippen molar-refractivity contribution in [1.82, 2.24) is 24.4 Å². The van der Waals surface area contributed by atoms with Crippen molar-refractivity contribution in [2.24, 2.45) is 11.8 Å². The van der Waals surface area contributed by atoms with Gasteiger partial charge in [-0.15, -0.1) is 10.2 Å². The van der Waals surface area contributed by atoms with E-state index >= 15 is 0 Å². The Morgan fingerprint density at radius 2 is 1.87 bits per heavy atom. The number of benzene rings is 1. The lowest BCUT2D eigenvalue weighted by molar-refractivity contribution is 0.183. The van der Waals surface area contributed by atoms with Crippen LogP contribution in [-0.2, 0) is 6.42 Å². The summed E-state index contributed by atoms with van der Waals surface area (Å²) in [5.41, 5.74) is 4.75. The van der Waals surface area contributed by atoms with Gasteiger partial charge in [0.15, 0.2) is 11.2 Å². The van der Waals surface area contributed by atoms with Gasteiger partial charge in [-0.2, -0.15) is 5.10 Å². The maximum absolute atomic E-state index is 13.4. The molecule has 0 unspecified atom stereocenters. The molecule has 1 aromatic carbocycles. The summed E-state index contributed by atoms with van der Waals surface area (Å²) >= 11 is 0. The van der Waals surface area contributed by atoms with E-state index in [2.05, 4.69) is 43.1 Å². The normalized spacial score (nSPS) is 22.0. The van der Waals surface area contributed by atoms with Gasteiger partial charge in [0.25, 0.3) is 5.56 Å². The minimum Gasteiger partial charge on any atom is -0.310 e. The second kappa shape index (κ2) is 7.35. The van der Waals surface area contributed by atoms with Crippen molar-refractivity contribution in [3.8, 4) is 11.1 Å². The van der Waals surface area contributed by atoms with Crippen LogP contribution in [-0.4, -0.2) is 24.4 Å². The second-order valence-corrected chi connectivity index (χ2v) is 8.57. The van der Waals surface area contributed by atoms with Gasteiger partial charge >= 0.3 is 0 Å². The summed E-state index contributed by atoms with van der Waals surface area (Å²) in [4.78, 5) is 13.4. The van der Waals surface area contributed by atoms with E-state index in [9.17, 15) is 4.79 Å². The second-order valence-electron chi connectivity index (χ2n) is 8.57. The lowest BCUT2D eigenvalue weighted by Gasteiger charge is -2.35. The SMILES string of the molecule is CCc1nn2c(nnc3c(=O)n([C@@H]4CCC[C@@H](C)[C@@H]4C)ccc32)c1-c1ccccc1. The number of pyridine rings is 1. The molecule has 0 amide bonds. The van der Waals surface area contributed by atoms with Crippen LogP contribution in [0.2, 0.25) is 0 Å². The van der Waals surface area contributed by atoms with Crippen molar-refractivity contribution >= 4 is 16.7 Å². The highest BCUT2D eigenvalue weighted by Crippen LogP contribution is 2.37. The zero-order valence-electron chi connectivity index (χ0n) is 17.7. The predicted octanol–water partition coefficient (Wildman–Crippen LogP) is 4.67. The molecule has 5 rings (SSSR count). The number of hydrogen-bond donors (Lipinski definition) is 0. The van der Waals surface area contributed by atoms with Gasteiger partial charge in [-0.3, -0.25) is 4.79 Å². The van der Waals surface area contributed by atoms with Gasteiger partial charge < -0.3 is 4.57 Å². The summed E-state index contributed by atoms with van der Waals surface area (Å²) in [5, 5.41) is 13.7. The van der Waals surface area contributed by atoms with Crippen molar-refractivity contribution in [3.63, 3.8) is 0 Å². The number of fused-ring (bicyclic) bond motifs is 3. The van der Waals surface area contributed by atoms with Gasteiger partial charge in [-0.05, 0) is 36.3 Å². The summed E-state index contributed by atoms with van der Waals surface area (Å²) in [6.07, 6.45) is 6.14. The molecule has 3 aromatic heterocycles. The van der Waals surface area contributed by atoms with Crippen molar-refractivity contribution in [2.75, 3.05) is 0 Å². The van der Waals surface area contributed by atoms with E-state index in [0.29, 0.717) is 23.0 Å². The molecule has 0 aliphatic heterocycles. The number of nitrogens with zero attached hydrogens (tertiary/aromatic N) is 5. The summed E-state index contributed by atoms with van der Waals surface area (Å²) in [6, 6.07) is 12.3. The highest BCUT2D eigenvalue weighted by molar-refractivity contribution is 5.84. The van der Waals surface area contributed by atoms with E-state index in [1.807, 2.05) is 35.0 Å². The van der Waals surface area contributed by atoms with Crippen molar-refractivity contribution in [3.05, 3.63) is 58.6 Å². The number of aryl methyl sites for hydroxylation is 1. The highest BCUT2D eigenvalue weighted by atomic mass is 16.1. The molecular formula is C24H27N5O. The Morgan fingerprint density at radius 1 is 1.07 bits per heavy atom. The molecule has 3 heterocycles. The molecule has 0 bridgehead atoms. The first kappa shape index (κ1) is 19.0. The molecule has 0 N–H and O–H groups in total. The number of rotatable bonds is 3. The zero-order chi connectivity index (χ0) is 20.8. The van der Waals surface area contributed by atoms with E-state index in [1.54, 1.807) is 4.52 Å². The standard InChI is InChI=1S/C24H27N5O/c1-4-18-21(17-10-6-5-7-11-17)23-26-25-22-20(29(23)27-18)13-14-28(24(22)30)19-12-8-9-15(2)16(19)3/h5-7,10-11,13-16,19H,4,8-9,12H2,1-3H3/t15-,16+,19-/m1/s1. The third-order valence-electron chi connectivity index (χ3n) is 6.90. The van der Waals surface area contributed by atoms with Crippen LogP contribution in [0.15, 0.2) is 47.4 Å². The van der Waals surface area contributed by atoms with Crippen LogP contribution in [0.5, 0.6) is 0 Å². The first-order valence-electron chi connectivity index (χ1n) is 10.9. The molecule has 154 valence electrons. The Balaban J connectivity index is 1.71. The Bertz CT molecular complexity index is 1270. The van der Waals surface area contributed by atoms with E-state index in [4.69, 9.17) is 5.10 Å². The fourth-order valence-electron chi connectivity index (χ4n) is 4.96. The van der Waals surface area contributed by atoms with Crippen molar-refractivity contribution in [1.29, 1.82) is 0 Å². The quantitative estimate of drug-likeness (QED) is 0.501. The molecule has 1 aliphatic rings.